The molecule has 20 heavy (non-hydrogen) atoms. The van der Waals surface area contributed by atoms with E-state index in [0.717, 1.165) is 15.9 Å². The van der Waals surface area contributed by atoms with Crippen molar-refractivity contribution < 1.29 is 14.3 Å². The van der Waals surface area contributed by atoms with Crippen LogP contribution in [0, 0.1) is 6.92 Å². The Kier molecular flexibility index (Phi) is 4.79. The Bertz CT molecular complexity index is 610. The van der Waals surface area contributed by atoms with Crippen molar-refractivity contribution in [3.63, 3.8) is 0 Å². The van der Waals surface area contributed by atoms with Gasteiger partial charge in [-0.1, -0.05) is 22.0 Å². The first kappa shape index (κ1) is 14.6. The van der Waals surface area contributed by atoms with Crippen molar-refractivity contribution in [2.75, 3.05) is 13.2 Å². The first-order valence-electron chi connectivity index (χ1n) is 6.12. The van der Waals surface area contributed by atoms with Crippen molar-refractivity contribution >= 4 is 21.9 Å². The van der Waals surface area contributed by atoms with Crippen molar-refractivity contribution in [1.29, 1.82) is 0 Å². The molecule has 0 bridgehead atoms. The van der Waals surface area contributed by atoms with Gasteiger partial charge in [-0.05, 0) is 25.1 Å². The third-order valence-electron chi connectivity index (χ3n) is 2.84. The molecule has 0 spiro atoms. The Morgan fingerprint density at radius 3 is 2.85 bits per heavy atom. The van der Waals surface area contributed by atoms with Crippen molar-refractivity contribution in [1.82, 2.24) is 9.78 Å². The van der Waals surface area contributed by atoms with Gasteiger partial charge in [-0.15, -0.1) is 0 Å². The van der Waals surface area contributed by atoms with E-state index in [1.54, 1.807) is 11.7 Å². The average Bonchev–Trinajstić information content (AvgIpc) is 2.75. The van der Waals surface area contributed by atoms with Crippen LogP contribution in [0.1, 0.15) is 16.1 Å². The zero-order chi connectivity index (χ0) is 14.5. The number of rotatable bonds is 5. The Labute approximate surface area is 125 Å². The van der Waals surface area contributed by atoms with Crippen LogP contribution in [0.2, 0.25) is 0 Å². The highest BCUT2D eigenvalue weighted by atomic mass is 79.9. The van der Waals surface area contributed by atoms with E-state index in [-0.39, 0.29) is 12.6 Å². The molecule has 1 aromatic carbocycles. The molecular weight excluding hydrogens is 324 g/mol. The fraction of sp³-hybridized carbons (Fsp3) is 0.286. The van der Waals surface area contributed by atoms with Gasteiger partial charge in [-0.2, -0.15) is 5.10 Å². The Hall–Kier alpha value is -1.82. The molecule has 1 heterocycles. The van der Waals surface area contributed by atoms with Crippen LogP contribution in [0.25, 0.3) is 0 Å². The van der Waals surface area contributed by atoms with Crippen LogP contribution in [0.3, 0.4) is 0 Å². The van der Waals surface area contributed by atoms with E-state index in [9.17, 15) is 4.79 Å². The smallest absolute Gasteiger partial charge is 0.341 e. The number of hydrogen-bond acceptors (Lipinski definition) is 4. The van der Waals surface area contributed by atoms with Gasteiger partial charge in [-0.25, -0.2) is 4.79 Å². The van der Waals surface area contributed by atoms with E-state index >= 15 is 0 Å². The summed E-state index contributed by atoms with van der Waals surface area (Å²) in [4.78, 5) is 11.8. The summed E-state index contributed by atoms with van der Waals surface area (Å²) in [5.74, 6) is 0.349. The minimum Gasteiger partial charge on any atom is -0.490 e. The Balaban J connectivity index is 1.79. The number of carbonyl (C=O) groups is 1. The molecule has 2 aromatic rings. The lowest BCUT2D eigenvalue weighted by molar-refractivity contribution is 0.0449. The largest absolute Gasteiger partial charge is 0.490 e. The van der Waals surface area contributed by atoms with Crippen LogP contribution in [0.4, 0.5) is 0 Å². The van der Waals surface area contributed by atoms with Gasteiger partial charge in [0, 0.05) is 17.2 Å². The highest BCUT2D eigenvalue weighted by Crippen LogP contribution is 2.17. The van der Waals surface area contributed by atoms with E-state index in [1.165, 1.54) is 6.20 Å². The fourth-order valence-corrected chi connectivity index (χ4v) is 2.01. The van der Waals surface area contributed by atoms with Crippen LogP contribution < -0.4 is 4.74 Å². The SMILES string of the molecule is Cc1c(C(=O)OCCOc2cccc(Br)c2)cnn1C. The predicted octanol–water partition coefficient (Wildman–Crippen LogP) is 2.73. The maximum atomic E-state index is 11.8. The molecule has 0 saturated heterocycles. The number of nitrogens with zero attached hydrogens (tertiary/aromatic N) is 2. The van der Waals surface area contributed by atoms with Gasteiger partial charge in [0.05, 0.1) is 6.20 Å². The highest BCUT2D eigenvalue weighted by Gasteiger charge is 2.13. The quantitative estimate of drug-likeness (QED) is 0.621. The Morgan fingerprint density at radius 2 is 2.20 bits per heavy atom. The van der Waals surface area contributed by atoms with Crippen LogP contribution >= 0.6 is 15.9 Å². The second-order valence-electron chi connectivity index (χ2n) is 4.21. The number of carbonyl (C=O) groups excluding carboxylic acids is 1. The summed E-state index contributed by atoms with van der Waals surface area (Å²) in [6, 6.07) is 7.49. The van der Waals surface area contributed by atoms with Gasteiger partial charge < -0.3 is 9.47 Å². The van der Waals surface area contributed by atoms with Crippen molar-refractivity contribution in [2.24, 2.45) is 7.05 Å². The number of aromatic nitrogens is 2. The van der Waals surface area contributed by atoms with Gasteiger partial charge in [0.2, 0.25) is 0 Å². The molecule has 0 aliphatic carbocycles. The first-order valence-corrected chi connectivity index (χ1v) is 6.91. The lowest BCUT2D eigenvalue weighted by atomic mass is 10.3. The number of halogens is 1. The molecule has 0 atom stereocenters. The minimum atomic E-state index is -0.381. The van der Waals surface area contributed by atoms with Crippen molar-refractivity contribution in [3.05, 3.63) is 46.2 Å². The molecule has 2 rings (SSSR count). The average molecular weight is 339 g/mol. The van der Waals surface area contributed by atoms with E-state index in [4.69, 9.17) is 9.47 Å². The zero-order valence-corrected chi connectivity index (χ0v) is 12.9. The Morgan fingerprint density at radius 1 is 1.40 bits per heavy atom. The maximum Gasteiger partial charge on any atom is 0.341 e. The summed E-state index contributed by atoms with van der Waals surface area (Å²) in [5.41, 5.74) is 1.26. The van der Waals surface area contributed by atoms with Gasteiger partial charge >= 0.3 is 5.97 Å². The maximum absolute atomic E-state index is 11.8. The summed E-state index contributed by atoms with van der Waals surface area (Å²) in [7, 11) is 1.78. The normalized spacial score (nSPS) is 10.3. The number of hydrogen-bond donors (Lipinski definition) is 0. The second kappa shape index (κ2) is 6.56. The third-order valence-corrected chi connectivity index (χ3v) is 3.33. The number of ether oxygens (including phenoxy) is 2. The summed E-state index contributed by atoms with van der Waals surface area (Å²) >= 11 is 3.36. The standard InChI is InChI=1S/C14H15BrN2O3/c1-10-13(9-16-17(10)2)14(18)20-7-6-19-12-5-3-4-11(15)8-12/h3-5,8-9H,6-7H2,1-2H3. The van der Waals surface area contributed by atoms with Crippen LogP contribution in [-0.4, -0.2) is 29.0 Å². The summed E-state index contributed by atoms with van der Waals surface area (Å²) in [6.45, 7) is 2.32. The second-order valence-corrected chi connectivity index (χ2v) is 5.12. The van der Waals surface area contributed by atoms with Crippen LogP contribution in [0.5, 0.6) is 5.75 Å². The molecule has 0 unspecified atom stereocenters. The summed E-state index contributed by atoms with van der Waals surface area (Å²) < 4.78 is 13.2. The molecule has 5 nitrogen and oxygen atoms in total. The molecule has 1 aromatic heterocycles. The van der Waals surface area contributed by atoms with Crippen LogP contribution in [-0.2, 0) is 11.8 Å². The van der Waals surface area contributed by atoms with E-state index in [0.29, 0.717) is 12.2 Å². The predicted molar refractivity (Wildman–Crippen MR) is 77.9 cm³/mol. The molecular formula is C14H15BrN2O3. The number of aryl methyl sites for hydroxylation is 1. The molecule has 0 aliphatic rings. The number of benzene rings is 1. The van der Waals surface area contributed by atoms with E-state index in [2.05, 4.69) is 21.0 Å². The van der Waals surface area contributed by atoms with Gasteiger partial charge in [0.25, 0.3) is 0 Å². The molecule has 0 saturated carbocycles. The molecule has 0 amide bonds. The van der Waals surface area contributed by atoms with Gasteiger partial charge in [0.1, 0.15) is 24.5 Å². The topological polar surface area (TPSA) is 53.4 Å². The first-order chi connectivity index (χ1) is 9.58. The molecule has 0 fully saturated rings. The van der Waals surface area contributed by atoms with E-state index < -0.39 is 0 Å². The number of esters is 1. The molecule has 6 heteroatoms. The lowest BCUT2D eigenvalue weighted by Crippen LogP contribution is -2.13. The lowest BCUT2D eigenvalue weighted by Gasteiger charge is -2.07. The van der Waals surface area contributed by atoms with Crippen LogP contribution in [0.15, 0.2) is 34.9 Å². The van der Waals surface area contributed by atoms with Gasteiger partial charge in [0.15, 0.2) is 0 Å². The molecule has 0 radical (unpaired) electrons. The monoisotopic (exact) mass is 338 g/mol. The van der Waals surface area contributed by atoms with E-state index in [1.807, 2.05) is 31.2 Å². The highest BCUT2D eigenvalue weighted by molar-refractivity contribution is 9.10. The third kappa shape index (κ3) is 3.60. The summed E-state index contributed by atoms with van der Waals surface area (Å²) in [6.07, 6.45) is 1.51. The zero-order valence-electron chi connectivity index (χ0n) is 11.3. The summed E-state index contributed by atoms with van der Waals surface area (Å²) in [5, 5.41) is 4.00. The molecule has 0 N–H and O–H groups in total. The minimum absolute atomic E-state index is 0.194. The van der Waals surface area contributed by atoms with Gasteiger partial charge in [-0.3, -0.25) is 4.68 Å². The molecule has 0 aliphatic heterocycles. The van der Waals surface area contributed by atoms with Crippen molar-refractivity contribution in [2.45, 2.75) is 6.92 Å². The molecule has 106 valence electrons. The fourth-order valence-electron chi connectivity index (χ4n) is 1.63. The van der Waals surface area contributed by atoms with Crippen molar-refractivity contribution in [3.8, 4) is 5.75 Å².